The Hall–Kier alpha value is -2.39. The zero-order valence-electron chi connectivity index (χ0n) is 11.1. The first-order valence-electron chi connectivity index (χ1n) is 6.04. The number of nitrogen functional groups attached to an aromatic ring is 1. The van der Waals surface area contributed by atoms with Crippen molar-refractivity contribution in [2.24, 2.45) is 5.84 Å². The van der Waals surface area contributed by atoms with E-state index in [1.165, 1.54) is 0 Å². The van der Waals surface area contributed by atoms with Crippen LogP contribution in [-0.2, 0) is 9.53 Å². The van der Waals surface area contributed by atoms with Crippen molar-refractivity contribution in [1.29, 1.82) is 0 Å². The number of amides is 1. The molecule has 1 amide bonds. The summed E-state index contributed by atoms with van der Waals surface area (Å²) >= 11 is 0. The van der Waals surface area contributed by atoms with E-state index in [4.69, 9.17) is 10.6 Å². The molecule has 0 spiro atoms. The van der Waals surface area contributed by atoms with Gasteiger partial charge < -0.3 is 25.2 Å². The molecule has 0 aliphatic rings. The number of hydrazine groups is 1. The fraction of sp³-hybridized carbons (Fsp3) is 0.364. The molecule has 9 heteroatoms. The molecule has 9 nitrogen and oxygen atoms in total. The molecule has 0 aromatic carbocycles. The number of imidazole rings is 1. The molecule has 2 aromatic heterocycles. The molecule has 2 rings (SSSR count). The van der Waals surface area contributed by atoms with Gasteiger partial charge in [-0.1, -0.05) is 0 Å². The van der Waals surface area contributed by atoms with E-state index in [2.05, 4.69) is 26.0 Å². The number of nitrogens with two attached hydrogens (primary N) is 1. The highest BCUT2D eigenvalue weighted by atomic mass is 16.5. The quantitative estimate of drug-likeness (QED) is 0.297. The van der Waals surface area contributed by atoms with Crippen LogP contribution in [0.1, 0.15) is 0 Å². The van der Waals surface area contributed by atoms with E-state index < -0.39 is 0 Å². The molecule has 0 radical (unpaired) electrons. The number of carbonyl (C=O) groups is 1. The number of aromatic nitrogens is 3. The van der Waals surface area contributed by atoms with Crippen molar-refractivity contribution in [3.8, 4) is 0 Å². The molecular formula is C11H17N7O2. The Morgan fingerprint density at radius 3 is 3.15 bits per heavy atom. The first-order chi connectivity index (χ1) is 9.74. The summed E-state index contributed by atoms with van der Waals surface area (Å²) in [5.74, 6) is 6.14. The van der Waals surface area contributed by atoms with E-state index in [9.17, 15) is 4.79 Å². The molecule has 0 aliphatic carbocycles. The van der Waals surface area contributed by atoms with E-state index in [0.717, 1.165) is 0 Å². The Morgan fingerprint density at radius 2 is 2.40 bits per heavy atom. The second-order valence-electron chi connectivity index (χ2n) is 3.97. The molecule has 108 valence electrons. The summed E-state index contributed by atoms with van der Waals surface area (Å²) in [6.45, 7) is 1.03. The van der Waals surface area contributed by atoms with Crippen LogP contribution in [0.25, 0.3) is 5.65 Å². The van der Waals surface area contributed by atoms with Gasteiger partial charge >= 0.3 is 0 Å². The molecule has 5 N–H and O–H groups in total. The van der Waals surface area contributed by atoms with Crippen molar-refractivity contribution in [2.45, 2.75) is 0 Å². The summed E-state index contributed by atoms with van der Waals surface area (Å²) in [4.78, 5) is 20.0. The predicted octanol–water partition coefficient (Wildman–Crippen LogP) is -0.811. The molecule has 20 heavy (non-hydrogen) atoms. The van der Waals surface area contributed by atoms with Gasteiger partial charge in [0.25, 0.3) is 0 Å². The molecule has 0 aliphatic heterocycles. The van der Waals surface area contributed by atoms with Crippen LogP contribution in [0, 0.1) is 0 Å². The summed E-state index contributed by atoms with van der Waals surface area (Å²) < 4.78 is 6.61. The first-order valence-corrected chi connectivity index (χ1v) is 6.04. The fourth-order valence-corrected chi connectivity index (χ4v) is 1.64. The standard InChI is InChI=1S/C11H17N7O2/c1-20-5-3-13-9(19)6-15-10-11-14-2-4-18(11)7-8(16-10)17-12/h2,4,7,17H,3,5-6,12H2,1H3,(H,13,19)(H,15,16). The van der Waals surface area contributed by atoms with Crippen LogP contribution in [0.2, 0.25) is 0 Å². The summed E-state index contributed by atoms with van der Waals surface area (Å²) in [5, 5.41) is 5.63. The maximum absolute atomic E-state index is 11.6. The topological polar surface area (TPSA) is 119 Å². The predicted molar refractivity (Wildman–Crippen MR) is 74.2 cm³/mol. The van der Waals surface area contributed by atoms with Crippen molar-refractivity contribution in [1.82, 2.24) is 19.7 Å². The Balaban J connectivity index is 2.01. The average molecular weight is 279 g/mol. The van der Waals surface area contributed by atoms with Crippen LogP contribution in [0.5, 0.6) is 0 Å². The third kappa shape index (κ3) is 3.33. The van der Waals surface area contributed by atoms with Crippen LogP contribution in [0.15, 0.2) is 18.6 Å². The number of fused-ring (bicyclic) bond motifs is 1. The van der Waals surface area contributed by atoms with Gasteiger partial charge in [0.15, 0.2) is 17.3 Å². The molecule has 0 saturated carbocycles. The molecule has 0 bridgehead atoms. The van der Waals surface area contributed by atoms with Gasteiger partial charge in [-0.3, -0.25) is 4.79 Å². The van der Waals surface area contributed by atoms with E-state index in [0.29, 0.717) is 30.4 Å². The smallest absolute Gasteiger partial charge is 0.239 e. The van der Waals surface area contributed by atoms with Crippen molar-refractivity contribution in [3.05, 3.63) is 18.6 Å². The molecule has 0 fully saturated rings. The number of rotatable bonds is 7. The van der Waals surface area contributed by atoms with Crippen molar-refractivity contribution < 1.29 is 9.53 Å². The molecule has 0 saturated heterocycles. The Labute approximate surface area is 115 Å². The normalized spacial score (nSPS) is 10.5. The lowest BCUT2D eigenvalue weighted by Gasteiger charge is -2.09. The third-order valence-corrected chi connectivity index (χ3v) is 2.57. The number of methoxy groups -OCH3 is 1. The van der Waals surface area contributed by atoms with Crippen LogP contribution in [-0.4, -0.2) is 47.1 Å². The highest BCUT2D eigenvalue weighted by molar-refractivity contribution is 5.81. The minimum absolute atomic E-state index is 0.0905. The minimum atomic E-state index is -0.153. The second kappa shape index (κ2) is 6.68. The monoisotopic (exact) mass is 279 g/mol. The van der Waals surface area contributed by atoms with Crippen LogP contribution >= 0.6 is 0 Å². The Morgan fingerprint density at radius 1 is 1.55 bits per heavy atom. The van der Waals surface area contributed by atoms with Gasteiger partial charge in [-0.15, -0.1) is 0 Å². The summed E-state index contributed by atoms with van der Waals surface area (Å²) in [6, 6.07) is 0. The molecule has 2 aromatic rings. The van der Waals surface area contributed by atoms with E-state index in [1.54, 1.807) is 30.1 Å². The van der Waals surface area contributed by atoms with Gasteiger partial charge in [-0.2, -0.15) is 0 Å². The number of nitrogens with one attached hydrogen (secondary N) is 3. The van der Waals surface area contributed by atoms with Crippen molar-refractivity contribution in [2.75, 3.05) is 37.5 Å². The lowest BCUT2D eigenvalue weighted by Crippen LogP contribution is -2.32. The van der Waals surface area contributed by atoms with E-state index in [1.807, 2.05) is 0 Å². The maximum atomic E-state index is 11.6. The van der Waals surface area contributed by atoms with E-state index in [-0.39, 0.29) is 12.5 Å². The molecule has 2 heterocycles. The Bertz CT molecular complexity index is 583. The van der Waals surface area contributed by atoms with Gasteiger partial charge in [0.1, 0.15) is 0 Å². The fourth-order valence-electron chi connectivity index (χ4n) is 1.64. The number of ether oxygens (including phenoxy) is 1. The number of anilines is 2. The first kappa shape index (κ1) is 14.0. The van der Waals surface area contributed by atoms with Crippen molar-refractivity contribution in [3.63, 3.8) is 0 Å². The van der Waals surface area contributed by atoms with E-state index >= 15 is 0 Å². The van der Waals surface area contributed by atoms with Gasteiger partial charge in [0.2, 0.25) is 5.91 Å². The highest BCUT2D eigenvalue weighted by Gasteiger charge is 2.08. The highest BCUT2D eigenvalue weighted by Crippen LogP contribution is 2.15. The van der Waals surface area contributed by atoms with Crippen LogP contribution in [0.3, 0.4) is 0 Å². The second-order valence-corrected chi connectivity index (χ2v) is 3.97. The number of carbonyl (C=O) groups excluding carboxylic acids is 1. The average Bonchev–Trinajstić information content (AvgIpc) is 2.93. The molecule has 0 atom stereocenters. The Kier molecular flexibility index (Phi) is 4.69. The number of hydrogen-bond acceptors (Lipinski definition) is 7. The SMILES string of the molecule is COCCNC(=O)CNc1nc(NN)cn2ccnc12. The zero-order valence-corrected chi connectivity index (χ0v) is 11.1. The van der Waals surface area contributed by atoms with Crippen molar-refractivity contribution >= 4 is 23.2 Å². The largest absolute Gasteiger partial charge is 0.383 e. The van der Waals surface area contributed by atoms with Crippen LogP contribution < -0.4 is 21.9 Å². The van der Waals surface area contributed by atoms with Gasteiger partial charge in [-0.25, -0.2) is 15.8 Å². The van der Waals surface area contributed by atoms with Gasteiger partial charge in [0, 0.05) is 26.0 Å². The summed E-state index contributed by atoms with van der Waals surface area (Å²) in [6.07, 6.45) is 5.11. The number of hydrogen-bond donors (Lipinski definition) is 4. The summed E-state index contributed by atoms with van der Waals surface area (Å²) in [5.41, 5.74) is 3.08. The van der Waals surface area contributed by atoms with Crippen LogP contribution in [0.4, 0.5) is 11.6 Å². The van der Waals surface area contributed by atoms with Gasteiger partial charge in [0.05, 0.1) is 19.3 Å². The lowest BCUT2D eigenvalue weighted by atomic mass is 10.5. The number of nitrogens with zero attached hydrogens (tertiary/aromatic N) is 3. The minimum Gasteiger partial charge on any atom is -0.383 e. The summed E-state index contributed by atoms with van der Waals surface area (Å²) in [7, 11) is 1.58. The maximum Gasteiger partial charge on any atom is 0.239 e. The third-order valence-electron chi connectivity index (χ3n) is 2.57. The molecule has 0 unspecified atom stereocenters. The van der Waals surface area contributed by atoms with Gasteiger partial charge in [-0.05, 0) is 0 Å². The molecular weight excluding hydrogens is 262 g/mol. The zero-order chi connectivity index (χ0) is 14.4. The lowest BCUT2D eigenvalue weighted by molar-refractivity contribution is -0.119.